The van der Waals surface area contributed by atoms with Gasteiger partial charge in [0.1, 0.15) is 5.75 Å². The van der Waals surface area contributed by atoms with E-state index in [1.54, 1.807) is 24.0 Å². The number of rotatable bonds is 7. The molecular weight excluding hydrogens is 456 g/mol. The number of ether oxygens (including phenoxy) is 1. The van der Waals surface area contributed by atoms with Gasteiger partial charge in [-0.1, -0.05) is 12.1 Å². The van der Waals surface area contributed by atoms with Crippen LogP contribution in [0.25, 0.3) is 0 Å². The van der Waals surface area contributed by atoms with E-state index in [4.69, 9.17) is 0 Å². The maximum Gasteiger partial charge on any atom is 0.387 e. The number of nitrogens with one attached hydrogen (secondary N) is 1. The summed E-state index contributed by atoms with van der Waals surface area (Å²) in [5.74, 6) is -0.547. The summed E-state index contributed by atoms with van der Waals surface area (Å²) in [4.78, 5) is 25.7. The molecule has 8 nitrogen and oxygen atoms in total. The van der Waals surface area contributed by atoms with Crippen molar-refractivity contribution in [2.75, 3.05) is 26.2 Å². The first-order chi connectivity index (χ1) is 15.6. The van der Waals surface area contributed by atoms with Crippen LogP contribution >= 0.6 is 0 Å². The quantitative estimate of drug-likeness (QED) is 0.656. The molecule has 0 bridgehead atoms. The zero-order valence-corrected chi connectivity index (χ0v) is 19.0. The molecule has 11 heteroatoms. The third-order valence-electron chi connectivity index (χ3n) is 5.37. The van der Waals surface area contributed by atoms with Crippen molar-refractivity contribution < 1.29 is 31.5 Å². The van der Waals surface area contributed by atoms with E-state index in [-0.39, 0.29) is 35.2 Å². The van der Waals surface area contributed by atoms with Crippen molar-refractivity contribution in [3.63, 3.8) is 0 Å². The smallest absolute Gasteiger partial charge is 0.387 e. The van der Waals surface area contributed by atoms with E-state index in [1.807, 2.05) is 0 Å². The van der Waals surface area contributed by atoms with Gasteiger partial charge in [0, 0.05) is 38.7 Å². The predicted octanol–water partition coefficient (Wildman–Crippen LogP) is 2.63. The fourth-order valence-corrected chi connectivity index (χ4v) is 4.92. The molecule has 2 amide bonds. The number of alkyl halides is 2. The van der Waals surface area contributed by atoms with Gasteiger partial charge in [-0.3, -0.25) is 9.59 Å². The van der Waals surface area contributed by atoms with Gasteiger partial charge >= 0.3 is 6.61 Å². The first-order valence-corrected chi connectivity index (χ1v) is 11.7. The first-order valence-electron chi connectivity index (χ1n) is 10.3. The number of hydrogen-bond acceptors (Lipinski definition) is 5. The van der Waals surface area contributed by atoms with E-state index in [1.165, 1.54) is 47.6 Å². The van der Waals surface area contributed by atoms with Gasteiger partial charge in [-0.05, 0) is 48.9 Å². The van der Waals surface area contributed by atoms with Crippen molar-refractivity contribution in [1.29, 1.82) is 0 Å². The molecule has 2 aromatic carbocycles. The van der Waals surface area contributed by atoms with E-state index in [0.29, 0.717) is 18.7 Å². The Kier molecular flexibility index (Phi) is 7.65. The van der Waals surface area contributed by atoms with Crippen LogP contribution in [0.1, 0.15) is 35.8 Å². The third-order valence-corrected chi connectivity index (χ3v) is 7.28. The zero-order chi connectivity index (χ0) is 24.2. The Morgan fingerprint density at radius 1 is 1.03 bits per heavy atom. The van der Waals surface area contributed by atoms with Crippen LogP contribution in [0.4, 0.5) is 8.78 Å². The number of halogens is 2. The molecule has 1 heterocycles. The second kappa shape index (κ2) is 10.3. The van der Waals surface area contributed by atoms with Crippen LogP contribution in [0.3, 0.4) is 0 Å². The van der Waals surface area contributed by atoms with Gasteiger partial charge in [0.15, 0.2) is 0 Å². The molecule has 1 fully saturated rings. The fraction of sp³-hybridized carbons (Fsp3) is 0.364. The minimum absolute atomic E-state index is 0.0118. The Morgan fingerprint density at radius 3 is 2.24 bits per heavy atom. The standard InChI is InChI=1S/C22H25F2N3O5S/c1-15(18-4-3-5-19(14-18)32-22(23)24)25-21(29)17-6-8-20(9-7-17)33(30,31)27-12-10-26(11-13-27)16(2)28/h3-9,14-15,22H,10-13H2,1-2H3,(H,25,29). The lowest BCUT2D eigenvalue weighted by Crippen LogP contribution is -2.49. The molecule has 33 heavy (non-hydrogen) atoms. The summed E-state index contributed by atoms with van der Waals surface area (Å²) >= 11 is 0. The lowest BCUT2D eigenvalue weighted by Gasteiger charge is -2.33. The summed E-state index contributed by atoms with van der Waals surface area (Å²) in [5.41, 5.74) is 0.826. The highest BCUT2D eigenvalue weighted by Gasteiger charge is 2.29. The molecule has 1 N–H and O–H groups in total. The summed E-state index contributed by atoms with van der Waals surface area (Å²) in [6, 6.07) is 11.1. The van der Waals surface area contributed by atoms with Crippen molar-refractivity contribution in [1.82, 2.24) is 14.5 Å². The van der Waals surface area contributed by atoms with Gasteiger partial charge < -0.3 is 15.0 Å². The molecule has 0 aliphatic carbocycles. The van der Waals surface area contributed by atoms with Crippen molar-refractivity contribution >= 4 is 21.8 Å². The molecule has 1 aliphatic heterocycles. The first kappa shape index (κ1) is 24.6. The topological polar surface area (TPSA) is 96.0 Å². The van der Waals surface area contributed by atoms with Gasteiger partial charge in [-0.25, -0.2) is 8.42 Å². The SMILES string of the molecule is CC(=O)N1CCN(S(=O)(=O)c2ccc(C(=O)NC(C)c3cccc(OC(F)F)c3)cc2)CC1. The normalized spacial score (nSPS) is 15.8. The molecule has 2 aromatic rings. The Morgan fingerprint density at radius 2 is 1.67 bits per heavy atom. The minimum Gasteiger partial charge on any atom is -0.435 e. The van der Waals surface area contributed by atoms with Crippen molar-refractivity contribution in [3.05, 3.63) is 59.7 Å². The third kappa shape index (κ3) is 6.05. The van der Waals surface area contributed by atoms with E-state index < -0.39 is 28.6 Å². The molecule has 0 saturated carbocycles. The van der Waals surface area contributed by atoms with Crippen molar-refractivity contribution in [2.24, 2.45) is 0 Å². The summed E-state index contributed by atoms with van der Waals surface area (Å²) < 4.78 is 56.3. The number of nitrogens with zero attached hydrogens (tertiary/aromatic N) is 2. The van der Waals surface area contributed by atoms with E-state index in [0.717, 1.165) is 0 Å². The van der Waals surface area contributed by atoms with Crippen LogP contribution in [0.2, 0.25) is 0 Å². The number of carbonyl (C=O) groups is 2. The molecule has 0 aromatic heterocycles. The highest BCUT2D eigenvalue weighted by atomic mass is 32.2. The minimum atomic E-state index is -3.75. The maximum atomic E-state index is 12.9. The lowest BCUT2D eigenvalue weighted by molar-refractivity contribution is -0.129. The van der Waals surface area contributed by atoms with Crippen molar-refractivity contribution in [2.45, 2.75) is 31.4 Å². The number of sulfonamides is 1. The Labute approximate surface area is 191 Å². The molecule has 178 valence electrons. The van der Waals surface area contributed by atoms with Crippen LogP contribution in [0.15, 0.2) is 53.4 Å². The highest BCUT2D eigenvalue weighted by molar-refractivity contribution is 7.89. The molecule has 0 radical (unpaired) electrons. The zero-order valence-electron chi connectivity index (χ0n) is 18.2. The van der Waals surface area contributed by atoms with Gasteiger partial charge in [-0.15, -0.1) is 0 Å². The monoisotopic (exact) mass is 481 g/mol. The molecular formula is C22H25F2N3O5S. The molecule has 3 rings (SSSR count). The van der Waals surface area contributed by atoms with Crippen LogP contribution in [-0.4, -0.2) is 62.2 Å². The Hall–Kier alpha value is -3.05. The second-order valence-corrected chi connectivity index (χ2v) is 9.52. The fourth-order valence-electron chi connectivity index (χ4n) is 3.49. The predicted molar refractivity (Wildman–Crippen MR) is 116 cm³/mol. The van der Waals surface area contributed by atoms with Crippen molar-refractivity contribution in [3.8, 4) is 5.75 Å². The Bertz CT molecular complexity index is 1100. The van der Waals surface area contributed by atoms with Gasteiger partial charge in [0.05, 0.1) is 10.9 Å². The summed E-state index contributed by atoms with van der Waals surface area (Å²) in [6.07, 6.45) is 0. The lowest BCUT2D eigenvalue weighted by atomic mass is 10.1. The van der Waals surface area contributed by atoms with Crippen LogP contribution < -0.4 is 10.1 Å². The average molecular weight is 482 g/mol. The second-order valence-electron chi connectivity index (χ2n) is 7.58. The molecule has 1 unspecified atom stereocenters. The van der Waals surface area contributed by atoms with Crippen LogP contribution in [-0.2, 0) is 14.8 Å². The molecule has 0 spiro atoms. The van der Waals surface area contributed by atoms with Gasteiger partial charge in [0.2, 0.25) is 15.9 Å². The summed E-state index contributed by atoms with van der Waals surface area (Å²) in [7, 11) is -3.75. The van der Waals surface area contributed by atoms with E-state index in [2.05, 4.69) is 10.1 Å². The van der Waals surface area contributed by atoms with E-state index >= 15 is 0 Å². The molecule has 1 saturated heterocycles. The summed E-state index contributed by atoms with van der Waals surface area (Å²) in [6.45, 7) is 1.26. The number of benzene rings is 2. The number of amides is 2. The Balaban J connectivity index is 1.65. The van der Waals surface area contributed by atoms with E-state index in [9.17, 15) is 26.8 Å². The number of piperazine rings is 1. The highest BCUT2D eigenvalue weighted by Crippen LogP contribution is 2.22. The average Bonchev–Trinajstić information content (AvgIpc) is 2.79. The largest absolute Gasteiger partial charge is 0.435 e. The summed E-state index contributed by atoms with van der Waals surface area (Å²) in [5, 5.41) is 2.75. The molecule has 1 atom stereocenters. The molecule has 1 aliphatic rings. The number of hydrogen-bond donors (Lipinski definition) is 1. The van der Waals surface area contributed by atoms with Crippen LogP contribution in [0.5, 0.6) is 5.75 Å². The maximum absolute atomic E-state index is 12.9. The van der Waals surface area contributed by atoms with Gasteiger partial charge in [0.25, 0.3) is 5.91 Å². The van der Waals surface area contributed by atoms with Crippen LogP contribution in [0, 0.1) is 0 Å². The van der Waals surface area contributed by atoms with Gasteiger partial charge in [-0.2, -0.15) is 13.1 Å². The number of carbonyl (C=O) groups excluding carboxylic acids is 2.